The summed E-state index contributed by atoms with van der Waals surface area (Å²) in [4.78, 5) is 38.4. The van der Waals surface area contributed by atoms with E-state index in [9.17, 15) is 18.8 Å². The van der Waals surface area contributed by atoms with Gasteiger partial charge in [0, 0.05) is 18.9 Å². The molecular weight excluding hydrogens is 417 g/mol. The van der Waals surface area contributed by atoms with Gasteiger partial charge in [0.25, 0.3) is 0 Å². The van der Waals surface area contributed by atoms with E-state index in [0.717, 1.165) is 42.9 Å². The Morgan fingerprint density at radius 3 is 2.83 bits per heavy atom. The number of rotatable bonds is 11. The average molecular weight is 446 g/mol. The smallest absolute Gasteiger partial charge is 0.412 e. The van der Waals surface area contributed by atoms with Gasteiger partial charge in [-0.1, -0.05) is 32.6 Å². The van der Waals surface area contributed by atoms with Crippen molar-refractivity contribution in [2.45, 2.75) is 64.0 Å². The van der Waals surface area contributed by atoms with Crippen LogP contribution in [-0.2, 0) is 25.5 Å². The number of hydrogen-bond donors (Lipinski definition) is 1. The van der Waals surface area contributed by atoms with Crippen molar-refractivity contribution in [3.05, 3.63) is 22.5 Å². The van der Waals surface area contributed by atoms with Crippen LogP contribution in [0.5, 0.6) is 0 Å². The molecule has 2 heterocycles. The van der Waals surface area contributed by atoms with Crippen molar-refractivity contribution < 1.29 is 28.2 Å². The van der Waals surface area contributed by atoms with Crippen molar-refractivity contribution in [1.29, 1.82) is 0 Å². The summed E-state index contributed by atoms with van der Waals surface area (Å²) in [5, 5.41) is 2.16. The van der Waals surface area contributed by atoms with Crippen molar-refractivity contribution in [2.24, 2.45) is 0 Å². The second kappa shape index (κ2) is 12.5. The zero-order valence-electron chi connectivity index (χ0n) is 17.2. The number of hydrogen-bond acceptors (Lipinski definition) is 8. The molecule has 0 unspecified atom stereocenters. The summed E-state index contributed by atoms with van der Waals surface area (Å²) < 4.78 is 30.9. The third-order valence-electron chi connectivity index (χ3n) is 4.29. The number of aromatic nitrogens is 2. The summed E-state index contributed by atoms with van der Waals surface area (Å²) >= 11 is 1.44. The first-order valence-electron chi connectivity index (χ1n) is 10.00. The van der Waals surface area contributed by atoms with Gasteiger partial charge in [0.15, 0.2) is 11.6 Å². The molecule has 168 valence electrons. The van der Waals surface area contributed by atoms with Gasteiger partial charge in [0.05, 0.1) is 19.3 Å². The number of unbranched alkanes of at least 4 members (excludes halogenated alkanes) is 4. The van der Waals surface area contributed by atoms with Crippen LogP contribution in [0.15, 0.2) is 11.0 Å². The van der Waals surface area contributed by atoms with Crippen LogP contribution >= 0.6 is 11.8 Å². The number of nitrogens with zero attached hydrogens (tertiary/aromatic N) is 2. The van der Waals surface area contributed by atoms with E-state index in [4.69, 9.17) is 14.2 Å². The van der Waals surface area contributed by atoms with Gasteiger partial charge in [0.2, 0.25) is 0 Å². The summed E-state index contributed by atoms with van der Waals surface area (Å²) in [6.45, 7) is 3.85. The van der Waals surface area contributed by atoms with Crippen molar-refractivity contribution in [2.75, 3.05) is 24.3 Å². The predicted octanol–water partition coefficient (Wildman–Crippen LogP) is 2.92. The number of amides is 1. The zero-order valence-corrected chi connectivity index (χ0v) is 18.0. The number of thioether (sulfide) groups is 1. The minimum absolute atomic E-state index is 0.0921. The third-order valence-corrected chi connectivity index (χ3v) is 5.47. The lowest BCUT2D eigenvalue weighted by atomic mass is 10.2. The zero-order chi connectivity index (χ0) is 21.9. The fraction of sp³-hybridized carbons (Fsp3) is 0.684. The Bertz CT molecular complexity index is 775. The second-order valence-electron chi connectivity index (χ2n) is 6.87. The molecule has 0 radical (unpaired) electrons. The third kappa shape index (κ3) is 8.31. The van der Waals surface area contributed by atoms with Gasteiger partial charge < -0.3 is 14.2 Å². The Balaban J connectivity index is 1.81. The van der Waals surface area contributed by atoms with Crippen LogP contribution < -0.4 is 11.0 Å². The number of carbonyl (C=O) groups excluding carboxylic acids is 2. The maximum Gasteiger partial charge on any atom is 0.412 e. The van der Waals surface area contributed by atoms with E-state index >= 15 is 0 Å². The van der Waals surface area contributed by atoms with Crippen molar-refractivity contribution in [1.82, 2.24) is 9.55 Å². The number of esters is 1. The molecule has 30 heavy (non-hydrogen) atoms. The minimum Gasteiger partial charge on any atom is -0.462 e. The van der Waals surface area contributed by atoms with E-state index in [1.165, 1.54) is 18.7 Å². The normalized spacial score (nSPS) is 18.2. The van der Waals surface area contributed by atoms with Gasteiger partial charge >= 0.3 is 17.8 Å². The first kappa shape index (κ1) is 24.1. The molecule has 1 aromatic heterocycles. The molecule has 0 saturated carbocycles. The molecule has 9 nitrogen and oxygen atoms in total. The van der Waals surface area contributed by atoms with Gasteiger partial charge in [-0.15, -0.1) is 11.8 Å². The topological polar surface area (TPSA) is 109 Å². The van der Waals surface area contributed by atoms with E-state index in [1.54, 1.807) is 0 Å². The maximum absolute atomic E-state index is 14.3. The lowest BCUT2D eigenvalue weighted by molar-refractivity contribution is -0.143. The standard InChI is InChI=1S/C19H28FN3O6S/c1-3-4-5-6-7-8-27-19(26)22-17-15(20)10-23(18(25)21-17)9-14-12-30-16(29-14)11-28-13(2)24/h10,14,16H,3-9,11-12H2,1-2H3,(H,21,22,25,26)/t14-,16-/m1/s1. The number of carbonyl (C=O) groups is 2. The van der Waals surface area contributed by atoms with Crippen LogP contribution in [0.3, 0.4) is 0 Å². The van der Waals surface area contributed by atoms with E-state index in [0.29, 0.717) is 5.75 Å². The first-order valence-corrected chi connectivity index (χ1v) is 11.0. The summed E-state index contributed by atoms with van der Waals surface area (Å²) in [7, 11) is 0. The molecule has 1 aromatic rings. The molecule has 0 aliphatic carbocycles. The minimum atomic E-state index is -0.850. The van der Waals surface area contributed by atoms with Crippen LogP contribution in [0.4, 0.5) is 15.0 Å². The number of halogens is 1. The maximum atomic E-state index is 14.3. The Morgan fingerprint density at radius 1 is 1.33 bits per heavy atom. The molecule has 11 heteroatoms. The van der Waals surface area contributed by atoms with E-state index in [-0.39, 0.29) is 31.3 Å². The van der Waals surface area contributed by atoms with Crippen LogP contribution in [0.1, 0.15) is 46.0 Å². The Kier molecular flexibility index (Phi) is 10.1. The van der Waals surface area contributed by atoms with Gasteiger partial charge in [-0.05, 0) is 6.42 Å². The highest BCUT2D eigenvalue weighted by molar-refractivity contribution is 8.00. The highest BCUT2D eigenvalue weighted by Crippen LogP contribution is 2.26. The Morgan fingerprint density at radius 2 is 2.10 bits per heavy atom. The molecule has 0 aromatic carbocycles. The van der Waals surface area contributed by atoms with Crippen molar-refractivity contribution in [3.8, 4) is 0 Å². The Hall–Kier alpha value is -2.14. The SMILES string of the molecule is CCCCCCCOC(=O)Nc1nc(=O)n(C[C@@H]2CS[C@H](COC(C)=O)O2)cc1F. The molecule has 1 saturated heterocycles. The number of anilines is 1. The molecular formula is C19H28FN3O6S. The highest BCUT2D eigenvalue weighted by Gasteiger charge is 2.27. The van der Waals surface area contributed by atoms with Crippen LogP contribution in [0.25, 0.3) is 0 Å². The number of ether oxygens (including phenoxy) is 3. The van der Waals surface area contributed by atoms with Gasteiger partial charge in [0.1, 0.15) is 12.0 Å². The monoisotopic (exact) mass is 445 g/mol. The molecule has 0 bridgehead atoms. The number of nitrogens with one attached hydrogen (secondary N) is 1. The van der Waals surface area contributed by atoms with E-state index in [2.05, 4.69) is 17.2 Å². The second-order valence-corrected chi connectivity index (χ2v) is 8.06. The molecule has 0 spiro atoms. The van der Waals surface area contributed by atoms with Gasteiger partial charge in [-0.3, -0.25) is 14.7 Å². The molecule has 1 amide bonds. The molecule has 2 atom stereocenters. The lowest BCUT2D eigenvalue weighted by Crippen LogP contribution is -2.31. The predicted molar refractivity (Wildman–Crippen MR) is 110 cm³/mol. The van der Waals surface area contributed by atoms with Gasteiger partial charge in [-0.2, -0.15) is 4.98 Å². The van der Waals surface area contributed by atoms with Crippen molar-refractivity contribution >= 4 is 29.6 Å². The molecule has 1 aliphatic heterocycles. The lowest BCUT2D eigenvalue weighted by Gasteiger charge is -2.14. The van der Waals surface area contributed by atoms with Crippen LogP contribution in [0, 0.1) is 5.82 Å². The molecule has 1 aliphatic rings. The summed E-state index contributed by atoms with van der Waals surface area (Å²) in [6, 6.07) is 0. The Labute approximate surface area is 178 Å². The summed E-state index contributed by atoms with van der Waals surface area (Å²) in [6.07, 6.45) is 4.78. The van der Waals surface area contributed by atoms with E-state index in [1.807, 2.05) is 0 Å². The quantitative estimate of drug-likeness (QED) is 0.409. The van der Waals surface area contributed by atoms with E-state index < -0.39 is 29.4 Å². The largest absolute Gasteiger partial charge is 0.462 e. The molecule has 2 rings (SSSR count). The van der Waals surface area contributed by atoms with Crippen molar-refractivity contribution in [3.63, 3.8) is 0 Å². The average Bonchev–Trinajstić information content (AvgIpc) is 3.14. The van der Waals surface area contributed by atoms with Crippen LogP contribution in [-0.4, -0.2) is 52.1 Å². The highest BCUT2D eigenvalue weighted by atomic mass is 32.2. The summed E-state index contributed by atoms with van der Waals surface area (Å²) in [5.74, 6) is -1.16. The molecule has 1 fully saturated rings. The molecule has 1 N–H and O–H groups in total. The summed E-state index contributed by atoms with van der Waals surface area (Å²) in [5.41, 5.74) is -1.05. The van der Waals surface area contributed by atoms with Crippen LogP contribution in [0.2, 0.25) is 0 Å². The van der Waals surface area contributed by atoms with Gasteiger partial charge in [-0.25, -0.2) is 14.0 Å². The fourth-order valence-corrected chi connectivity index (χ4v) is 3.80. The fourth-order valence-electron chi connectivity index (χ4n) is 2.78. The first-order chi connectivity index (χ1) is 14.4.